The number of benzene rings is 2. The molecule has 2 aromatic rings. The zero-order chi connectivity index (χ0) is 26.0. The fourth-order valence-electron chi connectivity index (χ4n) is 5.35. The Morgan fingerprint density at radius 2 is 1.50 bits per heavy atom. The lowest BCUT2D eigenvalue weighted by molar-refractivity contribution is 0.370. The average molecular weight is 532 g/mol. The number of fused-ring (bicyclic) bond motifs is 1. The minimum absolute atomic E-state index is 0.00939. The molecule has 4 nitrogen and oxygen atoms in total. The molecule has 3 unspecified atom stereocenters. The van der Waals surface area contributed by atoms with Crippen LogP contribution in [0.15, 0.2) is 47.4 Å². The molecular weight excluding hydrogens is 486 g/mol. The number of unbranched alkanes of at least 4 members (excludes halogenated alkanes) is 6. The summed E-state index contributed by atoms with van der Waals surface area (Å²) in [7, 11) is 4.13. The molecule has 2 aromatic carbocycles. The van der Waals surface area contributed by atoms with Gasteiger partial charge in [0.25, 0.3) is 0 Å². The van der Waals surface area contributed by atoms with Crippen molar-refractivity contribution in [3.63, 3.8) is 0 Å². The molecule has 2 N–H and O–H groups in total. The van der Waals surface area contributed by atoms with Crippen molar-refractivity contribution in [1.82, 2.24) is 4.90 Å². The number of thioether (sulfide) groups is 1. The molecule has 0 radical (unpaired) electrons. The predicted octanol–water partition coefficient (Wildman–Crippen LogP) is 7.07. The molecule has 0 saturated heterocycles. The molecular formula is C30H45NO3S2. The minimum atomic E-state index is -0.652. The monoisotopic (exact) mass is 531 g/mol. The van der Waals surface area contributed by atoms with E-state index in [0.717, 1.165) is 43.1 Å². The molecule has 0 bridgehead atoms. The number of nitrogens with zero attached hydrogens (tertiary/aromatic N) is 1. The van der Waals surface area contributed by atoms with Crippen LogP contribution in [0.4, 0.5) is 0 Å². The van der Waals surface area contributed by atoms with E-state index in [0.29, 0.717) is 17.4 Å². The topological polar surface area (TPSA) is 66.8 Å². The molecule has 36 heavy (non-hydrogen) atoms. The Bertz CT molecular complexity index is 921. The van der Waals surface area contributed by atoms with E-state index in [2.05, 4.69) is 44.1 Å². The van der Waals surface area contributed by atoms with Crippen LogP contribution in [0.25, 0.3) is 0 Å². The highest BCUT2D eigenvalue weighted by atomic mass is 32.2. The second-order valence-electron chi connectivity index (χ2n) is 10.8. The molecule has 0 saturated carbocycles. The van der Waals surface area contributed by atoms with Crippen molar-refractivity contribution in [2.45, 2.75) is 80.9 Å². The van der Waals surface area contributed by atoms with E-state index < -0.39 is 11.2 Å². The highest BCUT2D eigenvalue weighted by molar-refractivity contribution is 7.99. The molecule has 0 spiro atoms. The summed E-state index contributed by atoms with van der Waals surface area (Å²) in [6.45, 7) is 3.38. The second-order valence-corrected chi connectivity index (χ2v) is 13.5. The first-order valence-corrected chi connectivity index (χ1v) is 16.0. The number of aromatic hydroxyl groups is 2. The molecule has 3 atom stereocenters. The summed E-state index contributed by atoms with van der Waals surface area (Å²) in [5.41, 5.74) is 2.61. The zero-order valence-electron chi connectivity index (χ0n) is 22.4. The Hall–Kier alpha value is -1.34. The van der Waals surface area contributed by atoms with E-state index in [9.17, 15) is 14.8 Å². The Balaban J connectivity index is 1.43. The first kappa shape index (κ1) is 29.2. The highest BCUT2D eigenvalue weighted by Gasteiger charge is 2.41. The SMILES string of the molecule is CN(C)CCC[S+]([O-])CCCCCCCCCC1c2ccc(O)cc2SCC1(C)c1ccc(O)cc1. The van der Waals surface area contributed by atoms with Crippen LogP contribution in [0.2, 0.25) is 0 Å². The quantitative estimate of drug-likeness (QED) is 0.190. The standard InChI is InChI=1S/C30H45NO3S2/c1-30(24-13-15-25(32)16-14-24)23-35-29-22-26(33)17-18-27(29)28(30)12-9-7-5-4-6-8-10-20-36(34)21-11-19-31(2)3/h13-18,22,28,32-33H,4-12,19-21,23H2,1-3H3. The van der Waals surface area contributed by atoms with E-state index in [1.54, 1.807) is 12.1 Å². The van der Waals surface area contributed by atoms with Crippen LogP contribution in [0.5, 0.6) is 11.5 Å². The van der Waals surface area contributed by atoms with Crippen LogP contribution in [0, 0.1) is 0 Å². The number of hydrogen-bond donors (Lipinski definition) is 2. The maximum absolute atomic E-state index is 12.1. The number of phenolic OH excluding ortho intramolecular Hbond substituents is 2. The van der Waals surface area contributed by atoms with Gasteiger partial charge in [0.15, 0.2) is 0 Å². The molecule has 6 heteroatoms. The van der Waals surface area contributed by atoms with E-state index in [-0.39, 0.29) is 5.41 Å². The second kappa shape index (κ2) is 14.6. The third kappa shape index (κ3) is 8.61. The van der Waals surface area contributed by atoms with Gasteiger partial charge >= 0.3 is 0 Å². The lowest BCUT2D eigenvalue weighted by atomic mass is 9.68. The van der Waals surface area contributed by atoms with Crippen LogP contribution in [-0.4, -0.2) is 57.6 Å². The predicted molar refractivity (Wildman–Crippen MR) is 155 cm³/mol. The Morgan fingerprint density at radius 3 is 2.19 bits per heavy atom. The molecule has 0 aromatic heterocycles. The number of hydrogen-bond acceptors (Lipinski definition) is 5. The summed E-state index contributed by atoms with van der Waals surface area (Å²) in [4.78, 5) is 3.36. The minimum Gasteiger partial charge on any atom is -0.616 e. The van der Waals surface area contributed by atoms with Crippen LogP contribution in [-0.2, 0) is 16.6 Å². The number of rotatable bonds is 15. The van der Waals surface area contributed by atoms with Gasteiger partial charge in [0.05, 0.1) is 0 Å². The highest BCUT2D eigenvalue weighted by Crippen LogP contribution is 2.52. The number of phenols is 2. The van der Waals surface area contributed by atoms with Gasteiger partial charge < -0.3 is 19.7 Å². The molecule has 1 aliphatic heterocycles. The molecule has 3 rings (SSSR count). The Morgan fingerprint density at radius 1 is 0.889 bits per heavy atom. The van der Waals surface area contributed by atoms with Crippen molar-refractivity contribution in [1.29, 1.82) is 0 Å². The van der Waals surface area contributed by atoms with Gasteiger partial charge in [0, 0.05) is 29.0 Å². The summed E-state index contributed by atoms with van der Waals surface area (Å²) in [6.07, 6.45) is 10.6. The molecule has 0 amide bonds. The molecule has 0 fully saturated rings. The summed E-state index contributed by atoms with van der Waals surface area (Å²) in [5, 5.41) is 19.8. The van der Waals surface area contributed by atoms with Crippen LogP contribution in [0.1, 0.15) is 81.8 Å². The van der Waals surface area contributed by atoms with Gasteiger partial charge in [0.2, 0.25) is 0 Å². The fraction of sp³-hybridized carbons (Fsp3) is 0.600. The van der Waals surface area contributed by atoms with Crippen molar-refractivity contribution in [3.05, 3.63) is 53.6 Å². The smallest absolute Gasteiger partial charge is 0.116 e. The van der Waals surface area contributed by atoms with E-state index in [4.69, 9.17) is 0 Å². The van der Waals surface area contributed by atoms with Crippen molar-refractivity contribution < 1.29 is 14.8 Å². The van der Waals surface area contributed by atoms with Gasteiger partial charge in [-0.15, -0.1) is 11.8 Å². The lowest BCUT2D eigenvalue weighted by Crippen LogP contribution is -2.36. The summed E-state index contributed by atoms with van der Waals surface area (Å²) in [6, 6.07) is 13.6. The van der Waals surface area contributed by atoms with Gasteiger partial charge in [-0.3, -0.25) is 0 Å². The third-order valence-corrected chi connectivity index (χ3v) is 10.4. The van der Waals surface area contributed by atoms with Crippen LogP contribution < -0.4 is 0 Å². The zero-order valence-corrected chi connectivity index (χ0v) is 24.0. The van der Waals surface area contributed by atoms with E-state index in [1.807, 2.05) is 23.9 Å². The largest absolute Gasteiger partial charge is 0.616 e. The lowest BCUT2D eigenvalue weighted by Gasteiger charge is -2.43. The van der Waals surface area contributed by atoms with Crippen molar-refractivity contribution in [2.24, 2.45) is 0 Å². The molecule has 1 heterocycles. The average Bonchev–Trinajstić information content (AvgIpc) is 2.84. The third-order valence-electron chi connectivity index (χ3n) is 7.54. The van der Waals surface area contributed by atoms with Gasteiger partial charge in [-0.25, -0.2) is 0 Å². The fourth-order valence-corrected chi connectivity index (χ4v) is 7.93. The van der Waals surface area contributed by atoms with Crippen molar-refractivity contribution >= 4 is 22.9 Å². The van der Waals surface area contributed by atoms with E-state index >= 15 is 0 Å². The van der Waals surface area contributed by atoms with E-state index in [1.165, 1.54) is 54.5 Å². The Kier molecular flexibility index (Phi) is 11.8. The first-order chi connectivity index (χ1) is 17.3. The maximum atomic E-state index is 12.1. The maximum Gasteiger partial charge on any atom is 0.116 e. The molecule has 1 aliphatic rings. The van der Waals surface area contributed by atoms with Crippen LogP contribution >= 0.6 is 11.8 Å². The van der Waals surface area contributed by atoms with Gasteiger partial charge in [-0.05, 0) is 74.7 Å². The summed E-state index contributed by atoms with van der Waals surface area (Å²) >= 11 is 1.18. The normalized spacial score (nSPS) is 20.4. The van der Waals surface area contributed by atoms with Gasteiger partial charge in [0.1, 0.15) is 23.0 Å². The summed E-state index contributed by atoms with van der Waals surface area (Å²) < 4.78 is 12.1. The van der Waals surface area contributed by atoms with Crippen LogP contribution in [0.3, 0.4) is 0 Å². The Labute approximate surface area is 226 Å². The summed E-state index contributed by atoms with van der Waals surface area (Å²) in [5.74, 6) is 3.70. The van der Waals surface area contributed by atoms with Gasteiger partial charge in [-0.1, -0.05) is 68.4 Å². The first-order valence-electron chi connectivity index (χ1n) is 13.5. The van der Waals surface area contributed by atoms with Crippen molar-refractivity contribution in [3.8, 4) is 11.5 Å². The molecule has 0 aliphatic carbocycles. The van der Waals surface area contributed by atoms with Gasteiger partial charge in [-0.2, -0.15) is 0 Å². The van der Waals surface area contributed by atoms with Crippen molar-refractivity contribution in [2.75, 3.05) is 37.9 Å². The molecule has 200 valence electrons.